The normalized spacial score (nSPS) is 16.1. The number of ether oxygens (including phenoxy) is 2. The molecule has 0 aliphatic carbocycles. The van der Waals surface area contributed by atoms with Crippen molar-refractivity contribution >= 4 is 29.6 Å². The molecule has 2 aromatic rings. The zero-order chi connectivity index (χ0) is 29.6. The Labute approximate surface area is 240 Å². The number of nitrogens with one attached hydrogen (secondary N) is 1. The highest BCUT2D eigenvalue weighted by atomic mass is 16.6. The Morgan fingerprint density at radius 3 is 2.49 bits per heavy atom. The molecule has 0 radical (unpaired) electrons. The summed E-state index contributed by atoms with van der Waals surface area (Å²) in [6.45, 7) is 10.2. The number of aromatic nitrogens is 1. The van der Waals surface area contributed by atoms with Gasteiger partial charge < -0.3 is 29.5 Å². The van der Waals surface area contributed by atoms with Gasteiger partial charge in [-0.15, -0.1) is 0 Å². The maximum Gasteiger partial charge on any atom is 0.410 e. The van der Waals surface area contributed by atoms with Crippen LogP contribution in [0.15, 0.2) is 42.7 Å². The highest BCUT2D eigenvalue weighted by Gasteiger charge is 2.30. The first-order valence-electron chi connectivity index (χ1n) is 14.0. The molecule has 0 saturated carbocycles. The second-order valence-electron chi connectivity index (χ2n) is 11.2. The summed E-state index contributed by atoms with van der Waals surface area (Å²) in [5.41, 5.74) is 2.53. The fourth-order valence-corrected chi connectivity index (χ4v) is 4.94. The van der Waals surface area contributed by atoms with Crippen molar-refractivity contribution in [3.05, 3.63) is 59.4 Å². The first-order chi connectivity index (χ1) is 19.6. The van der Waals surface area contributed by atoms with Crippen LogP contribution >= 0.6 is 0 Å². The fourth-order valence-electron chi connectivity index (χ4n) is 4.94. The quantitative estimate of drug-likeness (QED) is 0.485. The average molecular weight is 566 g/mol. The van der Waals surface area contributed by atoms with E-state index in [9.17, 15) is 19.2 Å². The smallest absolute Gasteiger partial charge is 0.410 e. The molecule has 11 heteroatoms. The van der Waals surface area contributed by atoms with Crippen LogP contribution in [0.3, 0.4) is 0 Å². The van der Waals surface area contributed by atoms with Crippen molar-refractivity contribution in [2.45, 2.75) is 45.6 Å². The van der Waals surface area contributed by atoms with Gasteiger partial charge in [-0.1, -0.05) is 12.1 Å². The lowest BCUT2D eigenvalue weighted by molar-refractivity contribution is -0.144. The second kappa shape index (κ2) is 13.0. The molecule has 2 aliphatic rings. The first kappa shape index (κ1) is 29.8. The number of hydrogen-bond acceptors (Lipinski definition) is 8. The minimum atomic E-state index is -0.691. The molecule has 2 aliphatic heterocycles. The molecule has 3 amide bonds. The van der Waals surface area contributed by atoms with E-state index in [0.29, 0.717) is 50.3 Å². The molecule has 41 heavy (non-hydrogen) atoms. The Balaban J connectivity index is 1.35. The van der Waals surface area contributed by atoms with E-state index in [1.54, 1.807) is 36.4 Å². The largest absolute Gasteiger partial charge is 0.465 e. The number of benzene rings is 1. The number of pyridine rings is 1. The molecule has 220 valence electrons. The molecular formula is C30H39N5O6. The summed E-state index contributed by atoms with van der Waals surface area (Å²) in [5.74, 6) is -1.69. The summed E-state index contributed by atoms with van der Waals surface area (Å²) in [4.78, 5) is 60.6. The van der Waals surface area contributed by atoms with Crippen LogP contribution in [0.25, 0.3) is 0 Å². The minimum absolute atomic E-state index is 0.0431. The molecule has 4 rings (SSSR count). The lowest BCUT2D eigenvalue weighted by Gasteiger charge is -2.37. The van der Waals surface area contributed by atoms with Crippen LogP contribution < -0.4 is 10.2 Å². The summed E-state index contributed by atoms with van der Waals surface area (Å²) in [5, 5.41) is 2.79. The van der Waals surface area contributed by atoms with E-state index in [4.69, 9.17) is 9.47 Å². The van der Waals surface area contributed by atoms with Gasteiger partial charge in [-0.3, -0.25) is 19.4 Å². The van der Waals surface area contributed by atoms with Crippen molar-refractivity contribution in [2.75, 3.05) is 57.3 Å². The molecule has 1 saturated heterocycles. The van der Waals surface area contributed by atoms with Crippen LogP contribution in [-0.4, -0.2) is 96.7 Å². The topological polar surface area (TPSA) is 121 Å². The molecule has 0 spiro atoms. The van der Waals surface area contributed by atoms with Gasteiger partial charge in [0.2, 0.25) is 5.91 Å². The van der Waals surface area contributed by atoms with Crippen LogP contribution in [0.4, 0.5) is 10.5 Å². The van der Waals surface area contributed by atoms with E-state index in [1.807, 2.05) is 39.0 Å². The number of carbonyl (C=O) groups is 4. The van der Waals surface area contributed by atoms with Gasteiger partial charge in [0.15, 0.2) is 0 Å². The summed E-state index contributed by atoms with van der Waals surface area (Å²) < 4.78 is 10.7. The molecular weight excluding hydrogens is 526 g/mol. The van der Waals surface area contributed by atoms with Gasteiger partial charge in [-0.25, -0.2) is 4.79 Å². The molecule has 1 N–H and O–H groups in total. The third kappa shape index (κ3) is 7.74. The van der Waals surface area contributed by atoms with Gasteiger partial charge in [-0.2, -0.15) is 0 Å². The second-order valence-corrected chi connectivity index (χ2v) is 11.2. The third-order valence-corrected chi connectivity index (χ3v) is 7.05. The van der Waals surface area contributed by atoms with Crippen molar-refractivity contribution in [3.63, 3.8) is 0 Å². The van der Waals surface area contributed by atoms with Crippen LogP contribution in [0.1, 0.15) is 55.1 Å². The van der Waals surface area contributed by atoms with Crippen LogP contribution in [0.2, 0.25) is 0 Å². The monoisotopic (exact) mass is 565 g/mol. The summed E-state index contributed by atoms with van der Waals surface area (Å²) in [6, 6.07) is 9.34. The zero-order valence-corrected chi connectivity index (χ0v) is 24.2. The predicted octanol–water partition coefficient (Wildman–Crippen LogP) is 2.60. The Bertz CT molecular complexity index is 1250. The molecule has 0 bridgehead atoms. The van der Waals surface area contributed by atoms with Gasteiger partial charge in [0.1, 0.15) is 11.5 Å². The molecule has 1 aromatic carbocycles. The molecule has 3 heterocycles. The summed E-state index contributed by atoms with van der Waals surface area (Å²) in [6.07, 6.45) is 3.51. The van der Waals surface area contributed by atoms with E-state index < -0.39 is 17.5 Å². The van der Waals surface area contributed by atoms with Gasteiger partial charge in [0, 0.05) is 62.9 Å². The Morgan fingerprint density at radius 1 is 1.07 bits per heavy atom. The maximum atomic E-state index is 13.4. The van der Waals surface area contributed by atoms with Gasteiger partial charge >= 0.3 is 12.1 Å². The van der Waals surface area contributed by atoms with Crippen LogP contribution in [0, 0.1) is 0 Å². The van der Waals surface area contributed by atoms with Crippen molar-refractivity contribution in [3.8, 4) is 0 Å². The van der Waals surface area contributed by atoms with Gasteiger partial charge in [-0.05, 0) is 63.4 Å². The number of piperazine rings is 1. The van der Waals surface area contributed by atoms with E-state index in [2.05, 4.69) is 15.2 Å². The number of fused-ring (bicyclic) bond motifs is 1. The van der Waals surface area contributed by atoms with Gasteiger partial charge in [0.25, 0.3) is 5.91 Å². The van der Waals surface area contributed by atoms with Crippen molar-refractivity contribution in [2.24, 2.45) is 0 Å². The van der Waals surface area contributed by atoms with E-state index in [-0.39, 0.29) is 37.6 Å². The number of amides is 3. The Hall–Kier alpha value is -4.15. The number of nitrogens with zero attached hydrogens (tertiary/aromatic N) is 4. The van der Waals surface area contributed by atoms with Crippen molar-refractivity contribution in [1.29, 1.82) is 0 Å². The maximum absolute atomic E-state index is 13.4. The van der Waals surface area contributed by atoms with E-state index in [1.165, 1.54) is 4.90 Å². The third-order valence-electron chi connectivity index (χ3n) is 7.05. The Kier molecular flexibility index (Phi) is 9.46. The highest BCUT2D eigenvalue weighted by molar-refractivity contribution is 5.99. The number of hydrogen-bond donors (Lipinski definition) is 1. The first-order valence-corrected chi connectivity index (χ1v) is 14.0. The summed E-state index contributed by atoms with van der Waals surface area (Å²) in [7, 11) is 0. The molecule has 1 aromatic heterocycles. The predicted molar refractivity (Wildman–Crippen MR) is 153 cm³/mol. The van der Waals surface area contributed by atoms with Gasteiger partial charge in [0.05, 0.1) is 13.2 Å². The lowest BCUT2D eigenvalue weighted by Crippen LogP contribution is -2.50. The average Bonchev–Trinajstić information content (AvgIpc) is 2.94. The number of anilines is 1. The molecule has 0 unspecified atom stereocenters. The number of carbonyl (C=O) groups excluding carboxylic acids is 4. The minimum Gasteiger partial charge on any atom is -0.465 e. The number of esters is 1. The van der Waals surface area contributed by atoms with Crippen LogP contribution in [0.5, 0.6) is 0 Å². The Morgan fingerprint density at radius 2 is 1.83 bits per heavy atom. The fraction of sp³-hybridized carbons (Fsp3) is 0.500. The SMILES string of the molecule is CCOC(=O)[C@H](CNC(=O)CN1CCc2ccc(N3CCN(C(=O)OC(C)(C)C)CC3)cc2C1=O)c1cccnc1. The van der Waals surface area contributed by atoms with Crippen molar-refractivity contribution < 1.29 is 28.7 Å². The molecule has 1 fully saturated rings. The van der Waals surface area contributed by atoms with Crippen LogP contribution in [-0.2, 0) is 25.5 Å². The number of rotatable bonds is 8. The zero-order valence-electron chi connectivity index (χ0n) is 24.2. The molecule has 1 atom stereocenters. The van der Waals surface area contributed by atoms with Crippen molar-refractivity contribution in [1.82, 2.24) is 20.1 Å². The molecule has 11 nitrogen and oxygen atoms in total. The summed E-state index contributed by atoms with van der Waals surface area (Å²) >= 11 is 0. The van der Waals surface area contributed by atoms with E-state index >= 15 is 0 Å². The lowest BCUT2D eigenvalue weighted by atomic mass is 9.97. The highest BCUT2D eigenvalue weighted by Crippen LogP contribution is 2.26. The standard InChI is InChI=1S/C30H39N5O6/c1-5-40-28(38)25(22-7-6-11-31-18-22)19-32-26(36)20-35-12-10-21-8-9-23(17-24(21)27(35)37)33-13-15-34(16-14-33)29(39)41-30(2,3)4/h6-9,11,17-18,25H,5,10,12-16,19-20H2,1-4H3,(H,32,36)/t25-/m1/s1. The van der Waals surface area contributed by atoms with E-state index in [0.717, 1.165) is 11.3 Å².